The first-order chi connectivity index (χ1) is 13.6. The normalized spacial score (nSPS) is 12.0. The van der Waals surface area contributed by atoms with Crippen LogP contribution in [0.1, 0.15) is 17.0 Å². The van der Waals surface area contributed by atoms with Crippen LogP contribution < -0.4 is 5.43 Å². The van der Waals surface area contributed by atoms with Crippen LogP contribution in [-0.4, -0.2) is 10.2 Å². The summed E-state index contributed by atoms with van der Waals surface area (Å²) in [7, 11) is 0. The van der Waals surface area contributed by atoms with E-state index in [1.807, 2.05) is 60.7 Å². The van der Waals surface area contributed by atoms with Crippen LogP contribution in [0.3, 0.4) is 0 Å². The van der Waals surface area contributed by atoms with Gasteiger partial charge in [-0.25, -0.2) is 0 Å². The number of phenolic OH excluding ortho intramolecular Hbond substituents is 2. The Morgan fingerprint density at radius 3 is 2.18 bits per heavy atom. The van der Waals surface area contributed by atoms with E-state index in [0.29, 0.717) is 11.3 Å². The molecule has 0 bridgehead atoms. The second-order valence-corrected chi connectivity index (χ2v) is 6.50. The summed E-state index contributed by atoms with van der Waals surface area (Å²) in [6, 6.07) is 21.2. The fraction of sp³-hybridized carbons (Fsp3) is 0.0417. The Kier molecular flexibility index (Phi) is 4.45. The number of allylic oxidation sites excluding steroid dienone is 1. The van der Waals surface area contributed by atoms with Crippen LogP contribution in [0.2, 0.25) is 0 Å². The second kappa shape index (κ2) is 7.08. The lowest BCUT2D eigenvalue weighted by Crippen LogP contribution is -2.06. The van der Waals surface area contributed by atoms with Crippen LogP contribution in [0.4, 0.5) is 0 Å². The van der Waals surface area contributed by atoms with E-state index in [1.54, 1.807) is 6.08 Å². The van der Waals surface area contributed by atoms with Crippen molar-refractivity contribution in [2.75, 3.05) is 0 Å². The fourth-order valence-electron chi connectivity index (χ4n) is 3.45. The maximum atomic E-state index is 12.8. The molecule has 0 fully saturated rings. The van der Waals surface area contributed by atoms with Crippen LogP contribution in [-0.2, 0) is 0 Å². The molecule has 0 radical (unpaired) electrons. The van der Waals surface area contributed by atoms with E-state index >= 15 is 0 Å². The summed E-state index contributed by atoms with van der Waals surface area (Å²) in [4.78, 5) is 12.8. The maximum absolute atomic E-state index is 12.8. The minimum atomic E-state index is -0.418. The lowest BCUT2D eigenvalue weighted by Gasteiger charge is -2.18. The van der Waals surface area contributed by atoms with Gasteiger partial charge < -0.3 is 14.6 Å². The molecular formula is C24H18O4. The van der Waals surface area contributed by atoms with Crippen molar-refractivity contribution in [1.29, 1.82) is 0 Å². The summed E-state index contributed by atoms with van der Waals surface area (Å²) in [6.45, 7) is 3.89. The van der Waals surface area contributed by atoms with E-state index in [9.17, 15) is 15.0 Å². The first-order valence-corrected chi connectivity index (χ1v) is 8.85. The predicted octanol–water partition coefficient (Wildman–Crippen LogP) is 5.19. The molecular weight excluding hydrogens is 352 g/mol. The maximum Gasteiger partial charge on any atom is 0.197 e. The number of phenols is 2. The SMILES string of the molecule is C=CC(c1ccccc1)c1c(O)cc(O)c2c(=O)cc(-c3ccccc3)oc12. The molecule has 0 aliphatic carbocycles. The fourth-order valence-corrected chi connectivity index (χ4v) is 3.45. The highest BCUT2D eigenvalue weighted by Gasteiger charge is 2.24. The van der Waals surface area contributed by atoms with Crippen molar-refractivity contribution in [3.05, 3.63) is 107 Å². The monoisotopic (exact) mass is 370 g/mol. The predicted molar refractivity (Wildman–Crippen MR) is 110 cm³/mol. The van der Waals surface area contributed by atoms with Gasteiger partial charge in [-0.15, -0.1) is 6.58 Å². The highest BCUT2D eigenvalue weighted by atomic mass is 16.3. The van der Waals surface area contributed by atoms with E-state index in [-0.39, 0.29) is 27.9 Å². The standard InChI is InChI=1S/C24H18O4/c1-2-17(15-9-5-3-6-10-15)22-18(25)13-19(26)23-20(27)14-21(28-24(22)23)16-11-7-4-8-12-16/h2-14,17,25-26H,1H2. The molecule has 0 saturated carbocycles. The minimum absolute atomic E-state index is 0.0373. The van der Waals surface area contributed by atoms with Gasteiger partial charge in [0.1, 0.15) is 28.2 Å². The van der Waals surface area contributed by atoms with Crippen LogP contribution >= 0.6 is 0 Å². The number of hydrogen-bond donors (Lipinski definition) is 2. The van der Waals surface area contributed by atoms with Gasteiger partial charge in [-0.1, -0.05) is 66.7 Å². The first kappa shape index (κ1) is 17.6. The Morgan fingerprint density at radius 1 is 0.893 bits per heavy atom. The third-order valence-corrected chi connectivity index (χ3v) is 4.76. The van der Waals surface area contributed by atoms with Gasteiger partial charge in [0.25, 0.3) is 0 Å². The van der Waals surface area contributed by atoms with Crippen LogP contribution in [0.5, 0.6) is 11.5 Å². The highest BCUT2D eigenvalue weighted by molar-refractivity contribution is 5.90. The van der Waals surface area contributed by atoms with E-state index in [0.717, 1.165) is 11.1 Å². The molecule has 4 nitrogen and oxygen atoms in total. The molecule has 1 atom stereocenters. The first-order valence-electron chi connectivity index (χ1n) is 8.85. The molecule has 4 heteroatoms. The molecule has 0 amide bonds. The van der Waals surface area contributed by atoms with E-state index in [1.165, 1.54) is 12.1 Å². The zero-order valence-electron chi connectivity index (χ0n) is 15.0. The quantitative estimate of drug-likeness (QED) is 0.485. The Morgan fingerprint density at radius 2 is 1.54 bits per heavy atom. The molecule has 28 heavy (non-hydrogen) atoms. The van der Waals surface area contributed by atoms with E-state index in [2.05, 4.69) is 6.58 Å². The Labute approximate surface area is 161 Å². The molecule has 2 N–H and O–H groups in total. The molecule has 4 rings (SSSR count). The lowest BCUT2D eigenvalue weighted by atomic mass is 9.89. The molecule has 1 heterocycles. The zero-order chi connectivity index (χ0) is 19.7. The van der Waals surface area contributed by atoms with E-state index < -0.39 is 5.92 Å². The number of fused-ring (bicyclic) bond motifs is 1. The Balaban J connectivity index is 2.07. The summed E-state index contributed by atoms with van der Waals surface area (Å²) >= 11 is 0. The number of hydrogen-bond acceptors (Lipinski definition) is 4. The molecule has 0 saturated heterocycles. The number of aromatic hydroxyl groups is 2. The minimum Gasteiger partial charge on any atom is -0.507 e. The van der Waals surface area contributed by atoms with Crippen molar-refractivity contribution in [2.45, 2.75) is 5.92 Å². The van der Waals surface area contributed by atoms with Crippen molar-refractivity contribution in [3.8, 4) is 22.8 Å². The van der Waals surface area contributed by atoms with Crippen molar-refractivity contribution in [2.24, 2.45) is 0 Å². The summed E-state index contributed by atoms with van der Waals surface area (Å²) in [6.07, 6.45) is 1.68. The lowest BCUT2D eigenvalue weighted by molar-refractivity contribution is 0.446. The van der Waals surface area contributed by atoms with E-state index in [4.69, 9.17) is 4.42 Å². The van der Waals surface area contributed by atoms with Gasteiger partial charge in [-0.05, 0) is 5.56 Å². The van der Waals surface area contributed by atoms with Crippen LogP contribution in [0, 0.1) is 0 Å². The highest BCUT2D eigenvalue weighted by Crippen LogP contribution is 2.41. The van der Waals surface area contributed by atoms with Gasteiger partial charge >= 0.3 is 0 Å². The summed E-state index contributed by atoms with van der Waals surface area (Å²) < 4.78 is 6.06. The average molecular weight is 370 g/mol. The molecule has 1 aromatic heterocycles. The van der Waals surface area contributed by atoms with Gasteiger partial charge in [-0.2, -0.15) is 0 Å². The molecule has 138 valence electrons. The molecule has 0 aliphatic rings. The number of benzene rings is 3. The zero-order valence-corrected chi connectivity index (χ0v) is 15.0. The number of rotatable bonds is 4. The average Bonchev–Trinajstić information content (AvgIpc) is 2.71. The Hall–Kier alpha value is -3.79. The van der Waals surface area contributed by atoms with Gasteiger partial charge in [0, 0.05) is 29.2 Å². The third kappa shape index (κ3) is 2.95. The largest absolute Gasteiger partial charge is 0.507 e. The van der Waals surface area contributed by atoms with Crippen molar-refractivity contribution < 1.29 is 14.6 Å². The molecule has 4 aromatic rings. The summed E-state index contributed by atoms with van der Waals surface area (Å²) in [5, 5.41) is 21.0. The van der Waals surface area contributed by atoms with Crippen molar-refractivity contribution in [1.82, 2.24) is 0 Å². The van der Waals surface area contributed by atoms with Crippen LogP contribution in [0.15, 0.2) is 94.7 Å². The molecule has 1 unspecified atom stereocenters. The molecule has 0 spiro atoms. The second-order valence-electron chi connectivity index (χ2n) is 6.50. The van der Waals surface area contributed by atoms with Gasteiger partial charge in [0.15, 0.2) is 5.43 Å². The topological polar surface area (TPSA) is 70.7 Å². The summed E-state index contributed by atoms with van der Waals surface area (Å²) in [5.41, 5.74) is 1.77. The van der Waals surface area contributed by atoms with Gasteiger partial charge in [-0.3, -0.25) is 4.79 Å². The third-order valence-electron chi connectivity index (χ3n) is 4.76. The van der Waals surface area contributed by atoms with Crippen molar-refractivity contribution in [3.63, 3.8) is 0 Å². The smallest absolute Gasteiger partial charge is 0.197 e. The summed E-state index contributed by atoms with van der Waals surface area (Å²) in [5.74, 6) is -0.536. The molecule has 3 aromatic carbocycles. The van der Waals surface area contributed by atoms with Crippen molar-refractivity contribution >= 4 is 11.0 Å². The molecule has 0 aliphatic heterocycles. The van der Waals surface area contributed by atoms with Gasteiger partial charge in [0.2, 0.25) is 0 Å². The van der Waals surface area contributed by atoms with Gasteiger partial charge in [0.05, 0.1) is 0 Å². The Bertz CT molecular complexity index is 1210. The van der Waals surface area contributed by atoms with Crippen LogP contribution in [0.25, 0.3) is 22.3 Å².